The zero-order valence-corrected chi connectivity index (χ0v) is 14.7. The van der Waals surface area contributed by atoms with E-state index in [1.165, 1.54) is 6.07 Å². The van der Waals surface area contributed by atoms with E-state index in [4.69, 9.17) is 4.74 Å². The van der Waals surface area contributed by atoms with Crippen molar-refractivity contribution in [1.29, 1.82) is 0 Å². The van der Waals surface area contributed by atoms with Crippen LogP contribution in [0.1, 0.15) is 18.1 Å². The van der Waals surface area contributed by atoms with Crippen molar-refractivity contribution >= 4 is 5.91 Å². The fraction of sp³-hybridized carbons (Fsp3) is 0.200. The lowest BCUT2D eigenvalue weighted by Gasteiger charge is -2.16. The minimum atomic E-state index is -1.02. The summed E-state index contributed by atoms with van der Waals surface area (Å²) in [6, 6.07) is 12.7. The number of amides is 1. The first-order valence-electron chi connectivity index (χ1n) is 8.46. The second-order valence-corrected chi connectivity index (χ2v) is 6.03. The number of nitrogens with zero attached hydrogens (tertiary/aromatic N) is 2. The summed E-state index contributed by atoms with van der Waals surface area (Å²) in [7, 11) is 0. The van der Waals surface area contributed by atoms with Crippen LogP contribution < -0.4 is 10.1 Å². The molecule has 1 unspecified atom stereocenters. The van der Waals surface area contributed by atoms with Gasteiger partial charge in [-0.1, -0.05) is 24.3 Å². The van der Waals surface area contributed by atoms with Crippen LogP contribution in [-0.4, -0.2) is 21.8 Å². The third kappa shape index (κ3) is 4.91. The average molecular weight is 371 g/mol. The van der Waals surface area contributed by atoms with Crippen molar-refractivity contribution in [2.45, 2.75) is 26.1 Å². The Hall–Kier alpha value is -3.22. The molecule has 2 aromatic carbocycles. The molecule has 0 radical (unpaired) electrons. The van der Waals surface area contributed by atoms with Crippen LogP contribution in [0.3, 0.4) is 0 Å². The molecular formula is C20H19F2N3O2. The molecule has 0 aliphatic rings. The van der Waals surface area contributed by atoms with Gasteiger partial charge in [-0.25, -0.2) is 8.78 Å². The average Bonchev–Trinajstić information content (AvgIpc) is 3.17. The molecule has 3 aromatic rings. The van der Waals surface area contributed by atoms with Crippen molar-refractivity contribution in [2.75, 3.05) is 0 Å². The molecule has 0 saturated heterocycles. The second kappa shape index (κ2) is 8.44. The van der Waals surface area contributed by atoms with Crippen molar-refractivity contribution in [3.63, 3.8) is 0 Å². The van der Waals surface area contributed by atoms with E-state index in [9.17, 15) is 13.6 Å². The monoisotopic (exact) mass is 371 g/mol. The van der Waals surface area contributed by atoms with Crippen molar-refractivity contribution in [2.24, 2.45) is 0 Å². The predicted octanol–water partition coefficient (Wildman–Crippen LogP) is 3.29. The van der Waals surface area contributed by atoms with Gasteiger partial charge in [0, 0.05) is 25.0 Å². The smallest absolute Gasteiger partial charge is 0.261 e. The maximum Gasteiger partial charge on any atom is 0.261 e. The molecule has 1 aromatic heterocycles. The molecule has 140 valence electrons. The van der Waals surface area contributed by atoms with Crippen molar-refractivity contribution in [3.05, 3.63) is 83.7 Å². The molecule has 3 rings (SSSR count). The van der Waals surface area contributed by atoms with Gasteiger partial charge in [0.15, 0.2) is 17.7 Å². The van der Waals surface area contributed by atoms with Gasteiger partial charge >= 0.3 is 0 Å². The van der Waals surface area contributed by atoms with E-state index in [1.54, 1.807) is 17.8 Å². The minimum absolute atomic E-state index is 0.0932. The first-order chi connectivity index (χ1) is 13.0. The topological polar surface area (TPSA) is 56.1 Å². The van der Waals surface area contributed by atoms with E-state index >= 15 is 0 Å². The quantitative estimate of drug-likeness (QED) is 0.693. The highest BCUT2D eigenvalue weighted by atomic mass is 19.2. The van der Waals surface area contributed by atoms with Crippen LogP contribution in [-0.2, 0) is 17.9 Å². The van der Waals surface area contributed by atoms with Gasteiger partial charge in [0.2, 0.25) is 0 Å². The minimum Gasteiger partial charge on any atom is -0.481 e. The highest BCUT2D eigenvalue weighted by Gasteiger charge is 2.16. The lowest BCUT2D eigenvalue weighted by Crippen LogP contribution is -2.36. The van der Waals surface area contributed by atoms with E-state index in [0.717, 1.165) is 23.3 Å². The Balaban J connectivity index is 1.59. The molecule has 0 bridgehead atoms. The summed E-state index contributed by atoms with van der Waals surface area (Å²) in [5.41, 5.74) is 2.00. The van der Waals surface area contributed by atoms with E-state index in [2.05, 4.69) is 10.4 Å². The second-order valence-electron chi connectivity index (χ2n) is 6.03. The Bertz CT molecular complexity index is 913. The lowest BCUT2D eigenvalue weighted by atomic mass is 10.1. The third-order valence-corrected chi connectivity index (χ3v) is 4.04. The number of nitrogens with one attached hydrogen (secondary N) is 1. The third-order valence-electron chi connectivity index (χ3n) is 4.04. The summed E-state index contributed by atoms with van der Waals surface area (Å²) < 4.78 is 33.4. The van der Waals surface area contributed by atoms with Gasteiger partial charge in [0.05, 0.1) is 6.54 Å². The van der Waals surface area contributed by atoms with Crippen molar-refractivity contribution in [1.82, 2.24) is 15.1 Å². The van der Waals surface area contributed by atoms with Crippen LogP contribution in [0.5, 0.6) is 5.75 Å². The van der Waals surface area contributed by atoms with Gasteiger partial charge in [-0.05, 0) is 36.2 Å². The molecule has 1 atom stereocenters. The van der Waals surface area contributed by atoms with E-state index in [1.807, 2.05) is 36.5 Å². The van der Waals surface area contributed by atoms with Gasteiger partial charge in [0.25, 0.3) is 5.91 Å². The Morgan fingerprint density at radius 1 is 1.15 bits per heavy atom. The number of ether oxygens (including phenoxy) is 1. The molecule has 0 aliphatic carbocycles. The summed E-state index contributed by atoms with van der Waals surface area (Å²) in [5, 5.41) is 6.99. The Labute approximate surface area is 155 Å². The number of halogens is 2. The van der Waals surface area contributed by atoms with Crippen LogP contribution in [0.15, 0.2) is 60.9 Å². The molecule has 0 aliphatic heterocycles. The molecule has 5 nitrogen and oxygen atoms in total. The van der Waals surface area contributed by atoms with Crippen LogP contribution in [0.25, 0.3) is 0 Å². The SMILES string of the molecule is CC(Oc1ccc(F)c(F)c1)C(=O)NCc1ccccc1Cn1cccn1. The van der Waals surface area contributed by atoms with Crippen molar-refractivity contribution < 1.29 is 18.3 Å². The van der Waals surface area contributed by atoms with Gasteiger partial charge in [-0.3, -0.25) is 9.48 Å². The highest BCUT2D eigenvalue weighted by molar-refractivity contribution is 5.80. The normalized spacial score (nSPS) is 11.8. The van der Waals surface area contributed by atoms with E-state index in [0.29, 0.717) is 13.1 Å². The summed E-state index contributed by atoms with van der Waals surface area (Å²) in [5.74, 6) is -2.25. The fourth-order valence-electron chi connectivity index (χ4n) is 2.59. The first-order valence-corrected chi connectivity index (χ1v) is 8.46. The van der Waals surface area contributed by atoms with Crippen LogP contribution in [0, 0.1) is 11.6 Å². The van der Waals surface area contributed by atoms with Crippen LogP contribution >= 0.6 is 0 Å². The highest BCUT2D eigenvalue weighted by Crippen LogP contribution is 2.17. The molecule has 0 fully saturated rings. The molecule has 0 saturated carbocycles. The zero-order valence-electron chi connectivity index (χ0n) is 14.7. The Morgan fingerprint density at radius 2 is 1.93 bits per heavy atom. The number of hydrogen-bond acceptors (Lipinski definition) is 3. The lowest BCUT2D eigenvalue weighted by molar-refractivity contribution is -0.127. The summed E-state index contributed by atoms with van der Waals surface area (Å²) >= 11 is 0. The Morgan fingerprint density at radius 3 is 2.63 bits per heavy atom. The number of carbonyl (C=O) groups is 1. The van der Waals surface area contributed by atoms with E-state index < -0.39 is 17.7 Å². The molecule has 0 spiro atoms. The zero-order chi connectivity index (χ0) is 19.2. The Kier molecular flexibility index (Phi) is 5.80. The summed E-state index contributed by atoms with van der Waals surface area (Å²) in [6.07, 6.45) is 2.72. The predicted molar refractivity (Wildman–Crippen MR) is 96.1 cm³/mol. The summed E-state index contributed by atoms with van der Waals surface area (Å²) in [4.78, 5) is 12.3. The molecule has 1 N–H and O–H groups in total. The van der Waals surface area contributed by atoms with Gasteiger partial charge < -0.3 is 10.1 Å². The van der Waals surface area contributed by atoms with E-state index in [-0.39, 0.29) is 11.7 Å². The first kappa shape index (κ1) is 18.6. The molecule has 1 heterocycles. The molecule has 1 amide bonds. The molecule has 7 heteroatoms. The fourth-order valence-corrected chi connectivity index (χ4v) is 2.59. The van der Waals surface area contributed by atoms with Crippen molar-refractivity contribution in [3.8, 4) is 5.75 Å². The number of carbonyl (C=O) groups excluding carboxylic acids is 1. The van der Waals surface area contributed by atoms with Crippen LogP contribution in [0.2, 0.25) is 0 Å². The number of rotatable bonds is 7. The van der Waals surface area contributed by atoms with Gasteiger partial charge in [-0.2, -0.15) is 5.10 Å². The van der Waals surface area contributed by atoms with Crippen LogP contribution in [0.4, 0.5) is 8.78 Å². The maximum atomic E-state index is 13.2. The molecule has 27 heavy (non-hydrogen) atoms. The number of aromatic nitrogens is 2. The number of hydrogen-bond donors (Lipinski definition) is 1. The largest absolute Gasteiger partial charge is 0.481 e. The van der Waals surface area contributed by atoms with Gasteiger partial charge in [0.1, 0.15) is 5.75 Å². The summed E-state index contributed by atoms with van der Waals surface area (Å²) in [6.45, 7) is 2.47. The van der Waals surface area contributed by atoms with Gasteiger partial charge in [-0.15, -0.1) is 0 Å². The maximum absolute atomic E-state index is 13.2. The molecular weight excluding hydrogens is 352 g/mol. The number of benzene rings is 2. The standard InChI is InChI=1S/C20H19F2N3O2/c1-14(27-17-7-8-18(21)19(22)11-17)20(26)23-12-15-5-2-3-6-16(15)13-25-10-4-9-24-25/h2-11,14H,12-13H2,1H3,(H,23,26).